The van der Waals surface area contributed by atoms with Crippen molar-refractivity contribution in [1.29, 1.82) is 0 Å². The number of hydrogen-bond donors (Lipinski definition) is 2. The highest BCUT2D eigenvalue weighted by Crippen LogP contribution is 2.36. The Morgan fingerprint density at radius 2 is 1.83 bits per heavy atom. The first kappa shape index (κ1) is 21.5. The number of nitrogens with one attached hydrogen (secondary N) is 1. The molecule has 0 bridgehead atoms. The number of primary amides is 1. The van der Waals surface area contributed by atoms with E-state index in [1.165, 1.54) is 12.1 Å². The fourth-order valence-electron chi connectivity index (χ4n) is 3.59. The van der Waals surface area contributed by atoms with E-state index in [4.69, 9.17) is 10.5 Å². The zero-order chi connectivity index (χ0) is 21.9. The maximum absolute atomic E-state index is 12.7. The molecule has 6 nitrogen and oxygen atoms in total. The van der Waals surface area contributed by atoms with Gasteiger partial charge in [-0.25, -0.2) is 4.79 Å². The maximum Gasteiger partial charge on any atom is 0.416 e. The Morgan fingerprint density at radius 1 is 1.17 bits per heavy atom. The first-order chi connectivity index (χ1) is 14.2. The highest BCUT2D eigenvalue weighted by atomic mass is 19.4. The van der Waals surface area contributed by atoms with Crippen LogP contribution >= 0.6 is 0 Å². The smallest absolute Gasteiger partial charge is 0.416 e. The lowest BCUT2D eigenvalue weighted by Crippen LogP contribution is -2.46. The summed E-state index contributed by atoms with van der Waals surface area (Å²) in [4.78, 5) is 25.1. The highest BCUT2D eigenvalue weighted by Gasteiger charge is 2.31. The first-order valence-corrected chi connectivity index (χ1v) is 9.49. The highest BCUT2D eigenvalue weighted by molar-refractivity contribution is 5.84. The summed E-state index contributed by atoms with van der Waals surface area (Å²) in [7, 11) is 0. The fourth-order valence-corrected chi connectivity index (χ4v) is 3.59. The van der Waals surface area contributed by atoms with Crippen molar-refractivity contribution in [2.45, 2.75) is 32.0 Å². The number of halogens is 3. The number of nitrogens with two attached hydrogens (primary N) is 1. The molecule has 1 unspecified atom stereocenters. The molecule has 1 heterocycles. The Kier molecular flexibility index (Phi) is 6.19. The van der Waals surface area contributed by atoms with Crippen molar-refractivity contribution in [3.05, 3.63) is 59.2 Å². The summed E-state index contributed by atoms with van der Waals surface area (Å²) < 4.78 is 43.9. The largest absolute Gasteiger partial charge is 0.457 e. The van der Waals surface area contributed by atoms with Crippen molar-refractivity contribution < 1.29 is 27.5 Å². The summed E-state index contributed by atoms with van der Waals surface area (Å²) in [5.41, 5.74) is 6.29. The molecule has 0 aliphatic carbocycles. The maximum atomic E-state index is 12.7. The van der Waals surface area contributed by atoms with Crippen molar-refractivity contribution in [3.8, 4) is 11.5 Å². The van der Waals surface area contributed by atoms with Crippen molar-refractivity contribution in [3.63, 3.8) is 0 Å². The molecule has 3 rings (SSSR count). The van der Waals surface area contributed by atoms with Crippen LogP contribution in [0, 0.1) is 0 Å². The van der Waals surface area contributed by atoms with Crippen molar-refractivity contribution in [1.82, 2.24) is 10.2 Å². The molecule has 0 radical (unpaired) electrons. The molecule has 0 saturated heterocycles. The number of carbonyl (C=O) groups excluding carboxylic acids is 2. The van der Waals surface area contributed by atoms with Crippen LogP contribution in [0.15, 0.2) is 42.5 Å². The average Bonchev–Trinajstić information content (AvgIpc) is 2.70. The van der Waals surface area contributed by atoms with Crippen molar-refractivity contribution >= 4 is 11.9 Å². The predicted molar refractivity (Wildman–Crippen MR) is 104 cm³/mol. The number of rotatable bonds is 5. The van der Waals surface area contributed by atoms with Crippen LogP contribution in [0.1, 0.15) is 36.1 Å². The number of carbonyl (C=O) groups is 2. The molecule has 0 fully saturated rings. The van der Waals surface area contributed by atoms with Gasteiger partial charge < -0.3 is 20.7 Å². The third-order valence-corrected chi connectivity index (χ3v) is 5.01. The lowest BCUT2D eigenvalue weighted by atomic mass is 9.90. The monoisotopic (exact) mass is 421 g/mol. The first-order valence-electron chi connectivity index (χ1n) is 9.49. The van der Waals surface area contributed by atoms with Crippen molar-refractivity contribution in [2.24, 2.45) is 5.73 Å². The Labute approximate surface area is 171 Å². The Balaban J connectivity index is 1.79. The van der Waals surface area contributed by atoms with E-state index in [0.29, 0.717) is 25.1 Å². The number of urea groups is 1. The fraction of sp³-hybridized carbons (Fsp3) is 0.333. The Bertz CT molecular complexity index is 929. The van der Waals surface area contributed by atoms with Crippen LogP contribution in [0.4, 0.5) is 18.0 Å². The van der Waals surface area contributed by atoms with Crippen LogP contribution in [-0.2, 0) is 17.4 Å². The number of ether oxygens (including phenoxy) is 1. The molecule has 9 heteroatoms. The van der Waals surface area contributed by atoms with E-state index in [1.54, 1.807) is 11.0 Å². The predicted octanol–water partition coefficient (Wildman–Crippen LogP) is 4.00. The van der Waals surface area contributed by atoms with Crippen LogP contribution in [0.5, 0.6) is 11.5 Å². The number of amides is 3. The van der Waals surface area contributed by atoms with Gasteiger partial charge in [0.15, 0.2) is 0 Å². The molecule has 3 N–H and O–H groups in total. The zero-order valence-corrected chi connectivity index (χ0v) is 16.3. The van der Waals surface area contributed by atoms with Gasteiger partial charge in [-0.2, -0.15) is 13.2 Å². The molecule has 0 spiro atoms. The molecule has 1 aliphatic rings. The number of nitrogens with zero attached hydrogens (tertiary/aromatic N) is 1. The van der Waals surface area contributed by atoms with E-state index in [0.717, 1.165) is 23.3 Å². The number of fused-ring (bicyclic) bond motifs is 1. The molecule has 0 aromatic heterocycles. The molecule has 1 atom stereocenters. The van der Waals surface area contributed by atoms with E-state index in [1.807, 2.05) is 19.1 Å². The second-order valence-corrected chi connectivity index (χ2v) is 6.96. The lowest BCUT2D eigenvalue weighted by Gasteiger charge is -2.37. The standard InChI is InChI=1S/C21H22F3N3O3/c1-2-18-17-11-16(30-15-7-4-14(5-8-15)21(22,23)24)6-3-13(17)9-10-27(18)19(28)12-26-20(25)29/h3-8,11,18H,2,9-10,12H2,1H3,(H3,25,26,29). The van der Waals surface area contributed by atoms with Crippen molar-refractivity contribution in [2.75, 3.05) is 13.1 Å². The number of benzene rings is 2. The van der Waals surface area contributed by atoms with Crippen LogP contribution in [0.3, 0.4) is 0 Å². The molecular weight excluding hydrogens is 399 g/mol. The third-order valence-electron chi connectivity index (χ3n) is 5.01. The molecular formula is C21H22F3N3O3. The summed E-state index contributed by atoms with van der Waals surface area (Å²) in [5.74, 6) is 0.516. The Morgan fingerprint density at radius 3 is 2.43 bits per heavy atom. The SMILES string of the molecule is CCC1c2cc(Oc3ccc(C(F)(F)F)cc3)ccc2CCN1C(=O)CNC(N)=O. The second kappa shape index (κ2) is 8.64. The molecule has 30 heavy (non-hydrogen) atoms. The van der Waals surface area contributed by atoms with Gasteiger partial charge in [0.1, 0.15) is 11.5 Å². The lowest BCUT2D eigenvalue weighted by molar-refractivity contribution is -0.137. The van der Waals surface area contributed by atoms with Gasteiger partial charge in [-0.15, -0.1) is 0 Å². The summed E-state index contributed by atoms with van der Waals surface area (Å²) in [6.07, 6.45) is -3.11. The summed E-state index contributed by atoms with van der Waals surface area (Å²) in [6, 6.07) is 8.98. The Hall–Kier alpha value is -3.23. The van der Waals surface area contributed by atoms with Gasteiger partial charge >= 0.3 is 12.2 Å². The molecule has 0 saturated carbocycles. The van der Waals surface area contributed by atoms with E-state index in [9.17, 15) is 22.8 Å². The average molecular weight is 421 g/mol. The van der Waals surface area contributed by atoms with Crippen LogP contribution < -0.4 is 15.8 Å². The summed E-state index contributed by atoms with van der Waals surface area (Å²) in [5, 5.41) is 2.31. The second-order valence-electron chi connectivity index (χ2n) is 6.96. The van der Waals surface area contributed by atoms with Gasteiger partial charge in [-0.3, -0.25) is 4.79 Å². The minimum Gasteiger partial charge on any atom is -0.457 e. The minimum atomic E-state index is -4.40. The third kappa shape index (κ3) is 4.84. The summed E-state index contributed by atoms with van der Waals surface area (Å²) >= 11 is 0. The topological polar surface area (TPSA) is 84.7 Å². The molecule has 2 aromatic rings. The van der Waals surface area contributed by atoms with Gasteiger partial charge in [0, 0.05) is 6.54 Å². The van der Waals surface area contributed by atoms with Gasteiger partial charge in [0.05, 0.1) is 18.2 Å². The number of hydrogen-bond acceptors (Lipinski definition) is 3. The van der Waals surface area contributed by atoms with Gasteiger partial charge in [0.25, 0.3) is 0 Å². The van der Waals surface area contributed by atoms with Gasteiger partial charge in [-0.05, 0) is 60.4 Å². The summed E-state index contributed by atoms with van der Waals surface area (Å²) in [6.45, 7) is 2.29. The van der Waals surface area contributed by atoms with Crippen LogP contribution in [0.2, 0.25) is 0 Å². The minimum absolute atomic E-state index is 0.178. The van der Waals surface area contributed by atoms with E-state index in [-0.39, 0.29) is 24.2 Å². The molecule has 160 valence electrons. The zero-order valence-electron chi connectivity index (χ0n) is 16.3. The quantitative estimate of drug-likeness (QED) is 0.765. The van der Waals surface area contributed by atoms with Crippen LogP contribution in [0.25, 0.3) is 0 Å². The normalized spacial score (nSPS) is 16.0. The number of alkyl halides is 3. The van der Waals surface area contributed by atoms with E-state index >= 15 is 0 Å². The van der Waals surface area contributed by atoms with E-state index < -0.39 is 17.8 Å². The van der Waals surface area contributed by atoms with Crippen LogP contribution in [-0.4, -0.2) is 29.9 Å². The molecule has 2 aromatic carbocycles. The molecule has 3 amide bonds. The van der Waals surface area contributed by atoms with Gasteiger partial charge in [0.2, 0.25) is 5.91 Å². The van der Waals surface area contributed by atoms with E-state index in [2.05, 4.69) is 5.32 Å². The van der Waals surface area contributed by atoms with Gasteiger partial charge in [-0.1, -0.05) is 13.0 Å². The molecule has 1 aliphatic heterocycles.